The van der Waals surface area contributed by atoms with Crippen LogP contribution < -0.4 is 4.90 Å². The summed E-state index contributed by atoms with van der Waals surface area (Å²) >= 11 is 3.34. The van der Waals surface area contributed by atoms with Crippen molar-refractivity contribution in [3.8, 4) is 0 Å². The third-order valence-corrected chi connectivity index (χ3v) is 6.25. The van der Waals surface area contributed by atoms with E-state index in [-0.39, 0.29) is 16.3 Å². The lowest BCUT2D eigenvalue weighted by Gasteiger charge is -2.25. The molecule has 22 heavy (non-hydrogen) atoms. The van der Waals surface area contributed by atoms with Gasteiger partial charge in [0.1, 0.15) is 10.4 Å². The number of hydrogen-bond donors (Lipinski definition) is 0. The quantitative estimate of drug-likeness (QED) is 0.856. The van der Waals surface area contributed by atoms with Gasteiger partial charge in [-0.3, -0.25) is 9.78 Å². The second kappa shape index (κ2) is 7.15. The molecule has 1 aromatic heterocycles. The number of thioether (sulfide) groups is 2. The Kier molecular flexibility index (Phi) is 5.00. The molecule has 0 saturated carbocycles. The number of carbonyl (C=O) groups is 1. The van der Waals surface area contributed by atoms with E-state index in [0.717, 1.165) is 17.1 Å². The first kappa shape index (κ1) is 15.4. The molecule has 3 rings (SSSR count). The van der Waals surface area contributed by atoms with Crippen LogP contribution in [-0.4, -0.2) is 27.0 Å². The molecular formula is C16H15FN2OS2. The SMILES string of the molecule is O=C(C1SCCS1)N(Cc1cccnc1)c1ccc(F)cc1. The molecule has 0 bridgehead atoms. The van der Waals surface area contributed by atoms with Gasteiger partial charge in [-0.1, -0.05) is 6.07 Å². The second-order valence-electron chi connectivity index (χ2n) is 4.84. The number of rotatable bonds is 4. The van der Waals surface area contributed by atoms with Gasteiger partial charge in [0.25, 0.3) is 5.91 Å². The molecule has 1 fully saturated rings. The maximum absolute atomic E-state index is 13.2. The Labute approximate surface area is 137 Å². The van der Waals surface area contributed by atoms with Gasteiger partial charge in [0, 0.05) is 29.6 Å². The molecule has 3 nitrogen and oxygen atoms in total. The first-order valence-corrected chi connectivity index (χ1v) is 9.03. The predicted octanol–water partition coefficient (Wildman–Crippen LogP) is 3.56. The molecule has 1 aromatic carbocycles. The minimum Gasteiger partial charge on any atom is -0.306 e. The number of carbonyl (C=O) groups excluding carboxylic acids is 1. The average Bonchev–Trinajstić information content (AvgIpc) is 3.08. The summed E-state index contributed by atoms with van der Waals surface area (Å²) in [5.41, 5.74) is 1.66. The maximum Gasteiger partial charge on any atom is 0.250 e. The van der Waals surface area contributed by atoms with E-state index < -0.39 is 0 Å². The van der Waals surface area contributed by atoms with Crippen LogP contribution in [0.5, 0.6) is 0 Å². The van der Waals surface area contributed by atoms with Gasteiger partial charge >= 0.3 is 0 Å². The summed E-state index contributed by atoms with van der Waals surface area (Å²) in [5, 5.41) is 0. The molecule has 6 heteroatoms. The van der Waals surface area contributed by atoms with Crippen LogP contribution in [0.4, 0.5) is 10.1 Å². The van der Waals surface area contributed by atoms with E-state index in [0.29, 0.717) is 12.2 Å². The van der Waals surface area contributed by atoms with Gasteiger partial charge in [0.15, 0.2) is 0 Å². The largest absolute Gasteiger partial charge is 0.306 e. The summed E-state index contributed by atoms with van der Waals surface area (Å²) in [7, 11) is 0. The van der Waals surface area contributed by atoms with Gasteiger partial charge < -0.3 is 4.90 Å². The van der Waals surface area contributed by atoms with Gasteiger partial charge in [-0.2, -0.15) is 0 Å². The molecular weight excluding hydrogens is 319 g/mol. The van der Waals surface area contributed by atoms with Crippen LogP contribution in [0.2, 0.25) is 0 Å². The van der Waals surface area contributed by atoms with Crippen molar-refractivity contribution >= 4 is 35.1 Å². The molecule has 1 aliphatic heterocycles. The van der Waals surface area contributed by atoms with Crippen molar-refractivity contribution in [2.24, 2.45) is 0 Å². The smallest absolute Gasteiger partial charge is 0.250 e. The second-order valence-corrected chi connectivity index (χ2v) is 7.56. The molecule has 0 unspecified atom stereocenters. The number of halogens is 1. The lowest BCUT2D eigenvalue weighted by Crippen LogP contribution is -2.35. The highest BCUT2D eigenvalue weighted by molar-refractivity contribution is 8.21. The van der Waals surface area contributed by atoms with E-state index in [2.05, 4.69) is 4.98 Å². The fourth-order valence-electron chi connectivity index (χ4n) is 2.22. The van der Waals surface area contributed by atoms with E-state index in [4.69, 9.17) is 0 Å². The molecule has 2 aromatic rings. The molecule has 0 spiro atoms. The normalized spacial score (nSPS) is 15.0. The van der Waals surface area contributed by atoms with Crippen molar-refractivity contribution in [3.05, 3.63) is 60.2 Å². The number of nitrogens with zero attached hydrogens (tertiary/aromatic N) is 2. The van der Waals surface area contributed by atoms with Crippen LogP contribution in [0.15, 0.2) is 48.8 Å². The first-order chi connectivity index (χ1) is 10.7. The van der Waals surface area contributed by atoms with Crippen molar-refractivity contribution in [2.75, 3.05) is 16.4 Å². The van der Waals surface area contributed by atoms with Crippen LogP contribution in [0.25, 0.3) is 0 Å². The molecule has 0 atom stereocenters. The highest BCUT2D eigenvalue weighted by Gasteiger charge is 2.29. The lowest BCUT2D eigenvalue weighted by atomic mass is 10.2. The number of anilines is 1. The Balaban J connectivity index is 1.87. The minimum atomic E-state index is -0.304. The molecule has 1 saturated heterocycles. The molecule has 1 amide bonds. The fourth-order valence-corrected chi connectivity index (χ4v) is 4.92. The number of pyridine rings is 1. The Hall–Kier alpha value is -1.53. The molecule has 1 aliphatic rings. The number of aromatic nitrogens is 1. The average molecular weight is 334 g/mol. The first-order valence-electron chi connectivity index (χ1n) is 6.93. The lowest BCUT2D eigenvalue weighted by molar-refractivity contribution is -0.116. The van der Waals surface area contributed by atoms with Crippen molar-refractivity contribution in [2.45, 2.75) is 11.1 Å². The van der Waals surface area contributed by atoms with Crippen LogP contribution >= 0.6 is 23.5 Å². The van der Waals surface area contributed by atoms with E-state index in [1.807, 2.05) is 12.1 Å². The van der Waals surface area contributed by atoms with Crippen molar-refractivity contribution in [1.82, 2.24) is 4.98 Å². The summed E-state index contributed by atoms with van der Waals surface area (Å²) in [6.45, 7) is 0.440. The van der Waals surface area contributed by atoms with E-state index in [1.54, 1.807) is 53.0 Å². The van der Waals surface area contributed by atoms with Gasteiger partial charge in [0.05, 0.1) is 6.54 Å². The fraction of sp³-hybridized carbons (Fsp3) is 0.250. The van der Waals surface area contributed by atoms with Gasteiger partial charge in [0.2, 0.25) is 0 Å². The number of hydrogen-bond acceptors (Lipinski definition) is 4. The molecule has 114 valence electrons. The van der Waals surface area contributed by atoms with Gasteiger partial charge in [-0.25, -0.2) is 4.39 Å². The third-order valence-electron chi connectivity index (χ3n) is 3.29. The molecule has 0 aliphatic carbocycles. The Morgan fingerprint density at radius 1 is 1.23 bits per heavy atom. The zero-order valence-electron chi connectivity index (χ0n) is 11.8. The molecule has 0 N–H and O–H groups in total. The Bertz CT molecular complexity index is 630. The van der Waals surface area contributed by atoms with Crippen LogP contribution in [0.3, 0.4) is 0 Å². The monoisotopic (exact) mass is 334 g/mol. The summed E-state index contributed by atoms with van der Waals surface area (Å²) < 4.78 is 13.1. The summed E-state index contributed by atoms with van der Waals surface area (Å²) in [4.78, 5) is 18.6. The van der Waals surface area contributed by atoms with Crippen LogP contribution in [0.1, 0.15) is 5.56 Å². The van der Waals surface area contributed by atoms with Crippen molar-refractivity contribution in [1.29, 1.82) is 0 Å². The maximum atomic E-state index is 13.2. The zero-order valence-corrected chi connectivity index (χ0v) is 13.4. The molecule has 2 heterocycles. The van der Waals surface area contributed by atoms with Crippen molar-refractivity contribution in [3.63, 3.8) is 0 Å². The Morgan fingerprint density at radius 2 is 1.95 bits per heavy atom. The minimum absolute atomic E-state index is 0.0583. The van der Waals surface area contributed by atoms with E-state index in [9.17, 15) is 9.18 Å². The number of amides is 1. The van der Waals surface area contributed by atoms with Gasteiger partial charge in [-0.15, -0.1) is 23.5 Å². The topological polar surface area (TPSA) is 33.2 Å². The van der Waals surface area contributed by atoms with Crippen molar-refractivity contribution < 1.29 is 9.18 Å². The van der Waals surface area contributed by atoms with Crippen LogP contribution in [0, 0.1) is 5.82 Å². The summed E-state index contributed by atoms with van der Waals surface area (Å²) in [6, 6.07) is 9.84. The summed E-state index contributed by atoms with van der Waals surface area (Å²) in [5.74, 6) is 1.74. The van der Waals surface area contributed by atoms with E-state index in [1.165, 1.54) is 12.1 Å². The Morgan fingerprint density at radius 3 is 2.59 bits per heavy atom. The van der Waals surface area contributed by atoms with Gasteiger partial charge in [-0.05, 0) is 35.9 Å². The zero-order chi connectivity index (χ0) is 15.4. The third kappa shape index (κ3) is 3.62. The highest BCUT2D eigenvalue weighted by Crippen LogP contribution is 2.34. The molecule has 0 radical (unpaired) electrons. The predicted molar refractivity (Wildman–Crippen MR) is 90.5 cm³/mol. The van der Waals surface area contributed by atoms with Crippen LogP contribution in [-0.2, 0) is 11.3 Å². The highest BCUT2D eigenvalue weighted by atomic mass is 32.2. The summed E-state index contributed by atoms with van der Waals surface area (Å²) in [6.07, 6.45) is 3.45. The number of benzene rings is 1. The standard InChI is InChI=1S/C16H15FN2OS2/c17-13-3-5-14(6-4-13)19(11-12-2-1-7-18-10-12)15(20)16-21-8-9-22-16/h1-7,10,16H,8-9,11H2. The van der Waals surface area contributed by atoms with E-state index >= 15 is 0 Å².